The highest BCUT2D eigenvalue weighted by Crippen LogP contribution is 2.75. The highest BCUT2D eigenvalue weighted by atomic mass is 16.5. The van der Waals surface area contributed by atoms with Crippen molar-refractivity contribution in [2.24, 2.45) is 50.2 Å². The van der Waals surface area contributed by atoms with Gasteiger partial charge in [-0.2, -0.15) is 0 Å². The van der Waals surface area contributed by atoms with Crippen LogP contribution in [0.4, 0.5) is 0 Å². The summed E-state index contributed by atoms with van der Waals surface area (Å²) in [4.78, 5) is 13.3. The van der Waals surface area contributed by atoms with Crippen LogP contribution in [0.3, 0.4) is 0 Å². The Morgan fingerprint density at radius 2 is 1.13 bits per heavy atom. The second-order valence-corrected chi connectivity index (χ2v) is 22.8. The SMILES string of the molecule is CCCCCCCCCCCCCCCCCCCCCC(=O)O[C@H]1CC[C@]2(C)[C@H]3CC=C4[C@@H]5CC(C)(C)CC[C@]5(C)CC[C@@]4(C)[C@]3(C)CC[C@H]2C1(C)C. The van der Waals surface area contributed by atoms with E-state index in [-0.39, 0.29) is 17.5 Å². The zero-order valence-corrected chi connectivity index (χ0v) is 37.9. The molecule has 0 aromatic rings. The molecule has 0 aliphatic heterocycles. The van der Waals surface area contributed by atoms with Crippen molar-refractivity contribution in [3.8, 4) is 0 Å². The number of unbranched alkanes of at least 4 members (excludes halogenated alkanes) is 18. The summed E-state index contributed by atoms with van der Waals surface area (Å²) in [5.74, 6) is 2.18. The van der Waals surface area contributed by atoms with E-state index >= 15 is 0 Å². The highest BCUT2D eigenvalue weighted by molar-refractivity contribution is 5.69. The molecule has 0 aromatic carbocycles. The highest BCUT2D eigenvalue weighted by Gasteiger charge is 2.68. The maximum atomic E-state index is 13.3. The van der Waals surface area contributed by atoms with Gasteiger partial charge in [-0.25, -0.2) is 0 Å². The number of hydrogen-bond acceptors (Lipinski definition) is 2. The predicted octanol–water partition coefficient (Wildman–Crippen LogP) is 16.5. The number of carbonyl (C=O) groups is 1. The van der Waals surface area contributed by atoms with Crippen LogP contribution in [-0.2, 0) is 9.53 Å². The number of esters is 1. The van der Waals surface area contributed by atoms with Gasteiger partial charge in [0.15, 0.2) is 0 Å². The third-order valence-electron chi connectivity index (χ3n) is 18.3. The van der Waals surface area contributed by atoms with Crippen LogP contribution < -0.4 is 0 Å². The third kappa shape index (κ3) is 9.73. The number of hydrogen-bond donors (Lipinski definition) is 0. The number of ether oxygens (including phenoxy) is 1. The molecule has 312 valence electrons. The van der Waals surface area contributed by atoms with Gasteiger partial charge in [0.2, 0.25) is 0 Å². The summed E-state index contributed by atoms with van der Waals surface area (Å²) >= 11 is 0. The summed E-state index contributed by atoms with van der Waals surface area (Å²) < 4.78 is 6.44. The van der Waals surface area contributed by atoms with E-state index in [0.29, 0.717) is 39.4 Å². The van der Waals surface area contributed by atoms with Gasteiger partial charge in [0, 0.05) is 11.8 Å². The summed E-state index contributed by atoms with van der Waals surface area (Å²) in [7, 11) is 0. The first-order chi connectivity index (χ1) is 25.6. The van der Waals surface area contributed by atoms with E-state index in [4.69, 9.17) is 4.74 Å². The smallest absolute Gasteiger partial charge is 0.306 e. The van der Waals surface area contributed by atoms with Gasteiger partial charge >= 0.3 is 5.97 Å². The molecule has 0 bridgehead atoms. The van der Waals surface area contributed by atoms with E-state index in [1.807, 2.05) is 5.57 Å². The second kappa shape index (κ2) is 18.9. The maximum absolute atomic E-state index is 13.3. The summed E-state index contributed by atoms with van der Waals surface area (Å²) in [6.07, 6.45) is 42.8. The van der Waals surface area contributed by atoms with Crippen LogP contribution in [-0.4, -0.2) is 12.1 Å². The summed E-state index contributed by atoms with van der Waals surface area (Å²) in [6.45, 7) is 23.1. The van der Waals surface area contributed by atoms with Crippen molar-refractivity contribution >= 4 is 5.97 Å². The van der Waals surface area contributed by atoms with Gasteiger partial charge in [-0.3, -0.25) is 4.79 Å². The monoisotopic (exact) mass is 749 g/mol. The van der Waals surface area contributed by atoms with Crippen LogP contribution in [0.5, 0.6) is 0 Å². The van der Waals surface area contributed by atoms with Crippen LogP contribution in [0.2, 0.25) is 0 Å². The van der Waals surface area contributed by atoms with E-state index in [1.54, 1.807) is 0 Å². The third-order valence-corrected chi connectivity index (χ3v) is 18.3. The Balaban J connectivity index is 0.989. The predicted molar refractivity (Wildman–Crippen MR) is 233 cm³/mol. The average molecular weight is 749 g/mol. The Hall–Kier alpha value is -0.790. The summed E-state index contributed by atoms with van der Waals surface area (Å²) in [6, 6.07) is 0. The van der Waals surface area contributed by atoms with Gasteiger partial charge in [0.1, 0.15) is 6.10 Å². The lowest BCUT2D eigenvalue weighted by molar-refractivity contribution is -0.212. The second-order valence-electron chi connectivity index (χ2n) is 22.8. The Morgan fingerprint density at radius 3 is 1.69 bits per heavy atom. The lowest BCUT2D eigenvalue weighted by atomic mass is 9.33. The normalized spacial score (nSPS) is 36.6. The van der Waals surface area contributed by atoms with E-state index in [1.165, 1.54) is 173 Å². The molecule has 0 saturated heterocycles. The fourth-order valence-electron chi connectivity index (χ4n) is 14.3. The molecule has 4 saturated carbocycles. The Morgan fingerprint density at radius 1 is 0.611 bits per heavy atom. The van der Waals surface area contributed by atoms with Crippen molar-refractivity contribution < 1.29 is 9.53 Å². The average Bonchev–Trinajstić information content (AvgIpc) is 3.11. The molecule has 4 fully saturated rings. The molecule has 5 aliphatic carbocycles. The number of rotatable bonds is 21. The topological polar surface area (TPSA) is 26.3 Å². The minimum Gasteiger partial charge on any atom is -0.462 e. The molecule has 5 aliphatic rings. The van der Waals surface area contributed by atoms with Gasteiger partial charge < -0.3 is 4.74 Å². The maximum Gasteiger partial charge on any atom is 0.306 e. The molecule has 2 nitrogen and oxygen atoms in total. The van der Waals surface area contributed by atoms with Crippen molar-refractivity contribution in [1.82, 2.24) is 0 Å². The molecule has 0 amide bonds. The van der Waals surface area contributed by atoms with Crippen LogP contribution in [0.15, 0.2) is 11.6 Å². The first kappa shape index (κ1) is 44.3. The van der Waals surface area contributed by atoms with Gasteiger partial charge in [-0.1, -0.05) is 190 Å². The standard InChI is InChI=1S/C52H92O2/c1-10-11-12-13-14-15-16-17-18-19-20-21-22-23-24-25-26-27-28-29-46(53)54-45-33-34-50(7)43(48(45,4)5)32-35-52(9)44(50)31-30-41-42-40-47(2,3)36-37-49(42,6)38-39-51(41,52)8/h30,42-45H,10-29,31-40H2,1-9H3/t42-,43-,44+,45-,49+,50-,51+,52+/m0/s1. The Bertz CT molecular complexity index is 1210. The number of fused-ring (bicyclic) bond motifs is 7. The van der Waals surface area contributed by atoms with Crippen LogP contribution in [0, 0.1) is 50.2 Å². The Kier molecular flexibility index (Phi) is 15.5. The fraction of sp³-hybridized carbons (Fsp3) is 0.942. The van der Waals surface area contributed by atoms with Gasteiger partial charge in [-0.05, 0) is 115 Å². The van der Waals surface area contributed by atoms with E-state index < -0.39 is 0 Å². The van der Waals surface area contributed by atoms with Gasteiger partial charge in [0.05, 0.1) is 0 Å². The van der Waals surface area contributed by atoms with Gasteiger partial charge in [0.25, 0.3) is 0 Å². The molecule has 2 heteroatoms. The van der Waals surface area contributed by atoms with E-state index in [0.717, 1.165) is 24.7 Å². The molecule has 0 radical (unpaired) electrons. The molecule has 0 unspecified atom stereocenters. The molecule has 0 spiro atoms. The number of allylic oxidation sites excluding steroid dienone is 2. The lowest BCUT2D eigenvalue weighted by Gasteiger charge is -2.71. The minimum absolute atomic E-state index is 0.0287. The molecule has 0 aromatic heterocycles. The van der Waals surface area contributed by atoms with Crippen LogP contribution in [0.1, 0.15) is 255 Å². The first-order valence-electron chi connectivity index (χ1n) is 24.5. The van der Waals surface area contributed by atoms with E-state index in [9.17, 15) is 4.79 Å². The van der Waals surface area contributed by atoms with E-state index in [2.05, 4.69) is 68.4 Å². The fourth-order valence-corrected chi connectivity index (χ4v) is 14.3. The molecule has 5 rings (SSSR count). The molecular formula is C52H92O2. The quantitative estimate of drug-likeness (QED) is 0.0664. The zero-order valence-electron chi connectivity index (χ0n) is 37.9. The van der Waals surface area contributed by atoms with Crippen molar-refractivity contribution in [3.05, 3.63) is 11.6 Å². The van der Waals surface area contributed by atoms with Crippen molar-refractivity contribution in [3.63, 3.8) is 0 Å². The molecule has 8 atom stereocenters. The summed E-state index contributed by atoms with van der Waals surface area (Å²) in [5.41, 5.74) is 3.86. The lowest BCUT2D eigenvalue weighted by Crippen LogP contribution is -2.64. The molecule has 0 N–H and O–H groups in total. The van der Waals surface area contributed by atoms with Crippen molar-refractivity contribution in [2.75, 3.05) is 0 Å². The first-order valence-corrected chi connectivity index (χ1v) is 24.5. The van der Waals surface area contributed by atoms with Crippen LogP contribution >= 0.6 is 0 Å². The molecule has 0 heterocycles. The minimum atomic E-state index is 0.0287. The molecular weight excluding hydrogens is 657 g/mol. The van der Waals surface area contributed by atoms with Crippen molar-refractivity contribution in [2.45, 2.75) is 261 Å². The van der Waals surface area contributed by atoms with Crippen molar-refractivity contribution in [1.29, 1.82) is 0 Å². The largest absolute Gasteiger partial charge is 0.462 e. The van der Waals surface area contributed by atoms with Gasteiger partial charge in [-0.15, -0.1) is 0 Å². The number of carbonyl (C=O) groups excluding carboxylic acids is 1. The molecule has 54 heavy (non-hydrogen) atoms. The zero-order chi connectivity index (χ0) is 39.1. The van der Waals surface area contributed by atoms with Crippen LogP contribution in [0.25, 0.3) is 0 Å². The Labute approximate surface area is 337 Å². The summed E-state index contributed by atoms with van der Waals surface area (Å²) in [5, 5.41) is 0.